The van der Waals surface area contributed by atoms with Gasteiger partial charge in [-0.2, -0.15) is 0 Å². The first kappa shape index (κ1) is 23.2. The summed E-state index contributed by atoms with van der Waals surface area (Å²) in [5, 5.41) is 13.9. The van der Waals surface area contributed by atoms with Gasteiger partial charge in [0.2, 0.25) is 0 Å². The maximum Gasteiger partial charge on any atom is 0.170 e. The predicted molar refractivity (Wildman–Crippen MR) is 136 cm³/mol. The van der Waals surface area contributed by atoms with Crippen molar-refractivity contribution in [1.82, 2.24) is 24.4 Å². The van der Waals surface area contributed by atoms with E-state index in [0.29, 0.717) is 30.1 Å². The van der Waals surface area contributed by atoms with Crippen molar-refractivity contribution in [2.45, 2.75) is 20.0 Å². The molecule has 1 unspecified atom stereocenters. The Morgan fingerprint density at radius 3 is 2.54 bits per heavy atom. The summed E-state index contributed by atoms with van der Waals surface area (Å²) in [6, 6.07) is 12.6. The van der Waals surface area contributed by atoms with Crippen LogP contribution in [0, 0.1) is 19.7 Å². The number of aryl methyl sites for hydroxylation is 1. The predicted octanol–water partition coefficient (Wildman–Crippen LogP) is 3.17. The molecule has 4 aromatic rings. The van der Waals surface area contributed by atoms with Crippen molar-refractivity contribution < 1.29 is 9.50 Å². The van der Waals surface area contributed by atoms with Crippen molar-refractivity contribution in [3.05, 3.63) is 72.1 Å². The normalized spacial score (nSPS) is 15.5. The topological polar surface area (TPSA) is 82.3 Å². The Kier molecular flexibility index (Phi) is 6.61. The van der Waals surface area contributed by atoms with Crippen LogP contribution in [0.3, 0.4) is 0 Å². The summed E-state index contributed by atoms with van der Waals surface area (Å²) in [6.07, 6.45) is 2.56. The van der Waals surface area contributed by atoms with Gasteiger partial charge in [-0.25, -0.2) is 19.3 Å². The lowest BCUT2D eigenvalue weighted by atomic mass is 10.1. The maximum absolute atomic E-state index is 13.3. The number of nitrogens with zero attached hydrogens (tertiary/aromatic N) is 6. The molecule has 0 saturated carbocycles. The Labute approximate surface area is 204 Å². The molecule has 0 radical (unpaired) electrons. The van der Waals surface area contributed by atoms with E-state index >= 15 is 0 Å². The summed E-state index contributed by atoms with van der Waals surface area (Å²) < 4.78 is 15.1. The summed E-state index contributed by atoms with van der Waals surface area (Å²) in [7, 11) is 0. The molecule has 5 rings (SSSR count). The summed E-state index contributed by atoms with van der Waals surface area (Å²) in [6.45, 7) is 8.97. The highest BCUT2D eigenvalue weighted by Gasteiger charge is 2.21. The molecule has 0 spiro atoms. The fourth-order valence-corrected chi connectivity index (χ4v) is 4.58. The van der Waals surface area contributed by atoms with Crippen molar-refractivity contribution in [3.63, 3.8) is 0 Å². The van der Waals surface area contributed by atoms with Crippen LogP contribution in [0.15, 0.2) is 55.1 Å². The molecule has 182 valence electrons. The maximum atomic E-state index is 13.3. The average Bonchev–Trinajstić information content (AvgIpc) is 3.30. The van der Waals surface area contributed by atoms with Gasteiger partial charge in [-0.05, 0) is 55.3 Å². The highest BCUT2D eigenvalue weighted by atomic mass is 19.1. The fraction of sp³-hybridized carbons (Fsp3) is 0.346. The number of hydrogen-bond donors (Lipinski definition) is 2. The van der Waals surface area contributed by atoms with Crippen LogP contribution in [0.2, 0.25) is 0 Å². The zero-order chi connectivity index (χ0) is 24.4. The lowest BCUT2D eigenvalue weighted by Crippen LogP contribution is -2.49. The molecule has 35 heavy (non-hydrogen) atoms. The number of benzene rings is 2. The first-order valence-corrected chi connectivity index (χ1v) is 11.9. The van der Waals surface area contributed by atoms with Gasteiger partial charge in [-0.1, -0.05) is 12.1 Å². The standard InChI is InChI=1S/C26H30FN7O/c1-18-4-3-5-23(19(18)2)33-12-10-32(11-13-33)15-22(35)14-28-25-24-26(30-16-29-25)34(17-31-24)21-8-6-20(27)7-9-21/h3-9,16-17,22,35H,10-15H2,1-2H3,(H,28,29,30). The van der Waals surface area contributed by atoms with Crippen molar-refractivity contribution in [2.75, 3.05) is 49.5 Å². The second-order valence-electron chi connectivity index (χ2n) is 9.03. The van der Waals surface area contributed by atoms with Crippen molar-refractivity contribution >= 4 is 22.7 Å². The van der Waals surface area contributed by atoms with E-state index in [2.05, 4.69) is 62.1 Å². The molecule has 8 nitrogen and oxygen atoms in total. The number of piperazine rings is 1. The zero-order valence-corrected chi connectivity index (χ0v) is 20.0. The van der Waals surface area contributed by atoms with Crippen LogP contribution >= 0.6 is 0 Å². The van der Waals surface area contributed by atoms with Crippen LogP contribution in [0.1, 0.15) is 11.1 Å². The molecule has 1 aliphatic rings. The molecule has 2 aromatic carbocycles. The number of aliphatic hydroxyl groups is 1. The number of aliphatic hydroxyl groups excluding tert-OH is 1. The van der Waals surface area contributed by atoms with Crippen molar-refractivity contribution in [2.24, 2.45) is 0 Å². The van der Waals surface area contributed by atoms with E-state index in [1.54, 1.807) is 23.0 Å². The largest absolute Gasteiger partial charge is 0.390 e. The number of hydrogen-bond acceptors (Lipinski definition) is 7. The quantitative estimate of drug-likeness (QED) is 0.425. The number of anilines is 2. The third-order valence-corrected chi connectivity index (χ3v) is 6.70. The monoisotopic (exact) mass is 475 g/mol. The first-order chi connectivity index (χ1) is 17.0. The number of nitrogens with one attached hydrogen (secondary N) is 1. The molecule has 0 aliphatic carbocycles. The Bertz CT molecular complexity index is 1300. The third-order valence-electron chi connectivity index (χ3n) is 6.70. The van der Waals surface area contributed by atoms with Gasteiger partial charge in [0, 0.05) is 50.6 Å². The Morgan fingerprint density at radius 2 is 1.77 bits per heavy atom. The van der Waals surface area contributed by atoms with Crippen LogP contribution in [-0.4, -0.2) is 74.9 Å². The minimum absolute atomic E-state index is 0.296. The molecule has 3 heterocycles. The molecule has 2 N–H and O–H groups in total. The lowest BCUT2D eigenvalue weighted by Gasteiger charge is -2.37. The molecule has 9 heteroatoms. The second-order valence-corrected chi connectivity index (χ2v) is 9.03. The van der Waals surface area contributed by atoms with Gasteiger partial charge in [0.15, 0.2) is 17.0 Å². The van der Waals surface area contributed by atoms with Gasteiger partial charge in [0.05, 0.1) is 6.10 Å². The fourth-order valence-electron chi connectivity index (χ4n) is 4.58. The lowest BCUT2D eigenvalue weighted by molar-refractivity contribution is 0.118. The van der Waals surface area contributed by atoms with E-state index in [-0.39, 0.29) is 5.82 Å². The molecular weight excluding hydrogens is 445 g/mol. The third kappa shape index (κ3) is 4.96. The van der Waals surface area contributed by atoms with Gasteiger partial charge in [-0.3, -0.25) is 9.47 Å². The van der Waals surface area contributed by atoms with Crippen LogP contribution in [-0.2, 0) is 0 Å². The molecular formula is C26H30FN7O. The molecule has 0 amide bonds. The summed E-state index contributed by atoms with van der Waals surface area (Å²) in [5.74, 6) is 0.269. The minimum atomic E-state index is -0.550. The van der Waals surface area contributed by atoms with Crippen LogP contribution in [0.25, 0.3) is 16.9 Å². The van der Waals surface area contributed by atoms with Gasteiger partial charge in [0.25, 0.3) is 0 Å². The number of fused-ring (bicyclic) bond motifs is 1. The van der Waals surface area contributed by atoms with Gasteiger partial charge >= 0.3 is 0 Å². The molecule has 2 aromatic heterocycles. The Balaban J connectivity index is 1.17. The SMILES string of the molecule is Cc1cccc(N2CCN(CC(O)CNc3ncnc4c3ncn4-c3ccc(F)cc3)CC2)c1C. The molecule has 1 atom stereocenters. The number of β-amino-alcohol motifs (C(OH)–C–C–N with tert-alkyl or cyclic N) is 1. The van der Waals surface area contributed by atoms with Crippen LogP contribution < -0.4 is 10.2 Å². The summed E-state index contributed by atoms with van der Waals surface area (Å²) in [5.41, 5.74) is 5.94. The number of halogens is 1. The van der Waals surface area contributed by atoms with Crippen molar-refractivity contribution in [3.8, 4) is 5.69 Å². The van der Waals surface area contributed by atoms with Crippen LogP contribution in [0.5, 0.6) is 0 Å². The number of imidazole rings is 1. The van der Waals surface area contributed by atoms with Gasteiger partial charge in [-0.15, -0.1) is 0 Å². The smallest absolute Gasteiger partial charge is 0.170 e. The van der Waals surface area contributed by atoms with E-state index in [9.17, 15) is 9.50 Å². The highest BCUT2D eigenvalue weighted by molar-refractivity contribution is 5.83. The zero-order valence-electron chi connectivity index (χ0n) is 20.0. The minimum Gasteiger partial charge on any atom is -0.390 e. The van der Waals surface area contributed by atoms with E-state index in [4.69, 9.17) is 0 Å². The molecule has 1 aliphatic heterocycles. The van der Waals surface area contributed by atoms with E-state index in [1.165, 1.54) is 35.3 Å². The summed E-state index contributed by atoms with van der Waals surface area (Å²) in [4.78, 5) is 17.8. The van der Waals surface area contributed by atoms with E-state index in [0.717, 1.165) is 31.9 Å². The van der Waals surface area contributed by atoms with Crippen LogP contribution in [0.4, 0.5) is 15.9 Å². The van der Waals surface area contributed by atoms with E-state index in [1.807, 2.05) is 0 Å². The van der Waals surface area contributed by atoms with Gasteiger partial charge in [0.1, 0.15) is 18.5 Å². The Morgan fingerprint density at radius 1 is 1.00 bits per heavy atom. The number of aromatic nitrogens is 4. The number of rotatable bonds is 7. The highest BCUT2D eigenvalue weighted by Crippen LogP contribution is 2.24. The Hall–Kier alpha value is -3.56. The second kappa shape index (κ2) is 9.97. The first-order valence-electron chi connectivity index (χ1n) is 11.9. The molecule has 0 bridgehead atoms. The molecule has 1 fully saturated rings. The van der Waals surface area contributed by atoms with E-state index < -0.39 is 6.10 Å². The van der Waals surface area contributed by atoms with Crippen molar-refractivity contribution in [1.29, 1.82) is 0 Å². The average molecular weight is 476 g/mol. The summed E-state index contributed by atoms with van der Waals surface area (Å²) >= 11 is 0. The van der Waals surface area contributed by atoms with Gasteiger partial charge < -0.3 is 15.3 Å². The molecule has 1 saturated heterocycles.